The maximum absolute atomic E-state index is 13.3. The molecule has 3 rings (SSSR count). The zero-order chi connectivity index (χ0) is 23.3. The number of allylic oxidation sites excluding steroid dienone is 1. The molecule has 1 N–H and O–H groups in total. The monoisotopic (exact) mass is 469 g/mol. The van der Waals surface area contributed by atoms with Gasteiger partial charge in [0.05, 0.1) is 29.7 Å². The molecule has 6 nitrogen and oxygen atoms in total. The fourth-order valence-electron chi connectivity index (χ4n) is 3.09. The molecule has 0 aliphatic heterocycles. The van der Waals surface area contributed by atoms with E-state index in [4.69, 9.17) is 16.3 Å². The average molecular weight is 470 g/mol. The Kier molecular flexibility index (Phi) is 7.22. The number of halogens is 1. The second-order valence-electron chi connectivity index (χ2n) is 7.09. The van der Waals surface area contributed by atoms with E-state index in [0.29, 0.717) is 33.3 Å². The Hall–Kier alpha value is -3.29. The van der Waals surface area contributed by atoms with Crippen LogP contribution in [-0.2, 0) is 10.0 Å². The van der Waals surface area contributed by atoms with Crippen LogP contribution in [0.4, 0.5) is 11.4 Å². The minimum atomic E-state index is -3.88. The maximum atomic E-state index is 13.3. The summed E-state index contributed by atoms with van der Waals surface area (Å²) in [7, 11) is -0.547. The molecule has 3 aromatic carbocycles. The molecule has 0 unspecified atom stereocenters. The lowest BCUT2D eigenvalue weighted by Gasteiger charge is -2.19. The number of methoxy groups -OCH3 is 1. The lowest BCUT2D eigenvalue weighted by atomic mass is 10.1. The maximum Gasteiger partial charge on any atom is 0.262 e. The first-order valence-electron chi connectivity index (χ1n) is 9.69. The molecule has 166 valence electrons. The van der Waals surface area contributed by atoms with Gasteiger partial charge in [-0.25, -0.2) is 13.4 Å². The third-order valence-corrected chi connectivity index (χ3v) is 6.25. The summed E-state index contributed by atoms with van der Waals surface area (Å²) < 4.78 is 34.6. The van der Waals surface area contributed by atoms with Crippen LogP contribution in [0.3, 0.4) is 0 Å². The van der Waals surface area contributed by atoms with E-state index in [-0.39, 0.29) is 4.90 Å². The zero-order valence-corrected chi connectivity index (χ0v) is 19.6. The number of nitrogens with one attached hydrogen (secondary N) is 1. The number of ether oxygens (including phenoxy) is 1. The van der Waals surface area contributed by atoms with Crippen LogP contribution in [0.25, 0.3) is 11.1 Å². The first kappa shape index (κ1) is 23.4. The summed E-state index contributed by atoms with van der Waals surface area (Å²) in [6.45, 7) is 5.53. The molecule has 0 spiro atoms. The summed E-state index contributed by atoms with van der Waals surface area (Å²) in [4.78, 5) is 6.09. The largest absolute Gasteiger partial charge is 0.494 e. The van der Waals surface area contributed by atoms with Gasteiger partial charge in [-0.2, -0.15) is 0 Å². The lowest BCUT2D eigenvalue weighted by molar-refractivity contribution is 0.416. The van der Waals surface area contributed by atoms with Gasteiger partial charge in [0, 0.05) is 29.4 Å². The van der Waals surface area contributed by atoms with Crippen LogP contribution in [0.5, 0.6) is 5.75 Å². The van der Waals surface area contributed by atoms with E-state index in [2.05, 4.69) is 16.3 Å². The summed E-state index contributed by atoms with van der Waals surface area (Å²) >= 11 is 6.11. The SMILES string of the molecule is C=C(C)N=CN(C)c1ccc(NS(=O)(=O)c2ccccc2-c2cccc(Cl)c2)cc1OC. The number of rotatable bonds is 8. The predicted molar refractivity (Wildman–Crippen MR) is 132 cm³/mol. The van der Waals surface area contributed by atoms with E-state index in [1.54, 1.807) is 78.8 Å². The molecule has 0 aliphatic carbocycles. The molecule has 0 aliphatic rings. The Labute approximate surface area is 193 Å². The third kappa shape index (κ3) is 5.49. The van der Waals surface area contributed by atoms with Crippen LogP contribution in [0.2, 0.25) is 5.02 Å². The Morgan fingerprint density at radius 2 is 1.88 bits per heavy atom. The number of anilines is 2. The van der Waals surface area contributed by atoms with Crippen LogP contribution in [0.1, 0.15) is 6.92 Å². The average Bonchev–Trinajstić information content (AvgIpc) is 2.77. The smallest absolute Gasteiger partial charge is 0.262 e. The minimum absolute atomic E-state index is 0.149. The van der Waals surface area contributed by atoms with Crippen molar-refractivity contribution in [2.24, 2.45) is 4.99 Å². The van der Waals surface area contributed by atoms with Crippen LogP contribution < -0.4 is 14.4 Å². The van der Waals surface area contributed by atoms with Gasteiger partial charge < -0.3 is 9.64 Å². The van der Waals surface area contributed by atoms with E-state index >= 15 is 0 Å². The van der Waals surface area contributed by atoms with E-state index in [1.165, 1.54) is 7.11 Å². The van der Waals surface area contributed by atoms with Gasteiger partial charge in [0.1, 0.15) is 5.75 Å². The van der Waals surface area contributed by atoms with Crippen molar-refractivity contribution >= 4 is 39.3 Å². The van der Waals surface area contributed by atoms with Gasteiger partial charge in [0.15, 0.2) is 0 Å². The molecule has 3 aromatic rings. The van der Waals surface area contributed by atoms with Crippen molar-refractivity contribution in [1.29, 1.82) is 0 Å². The standard InChI is InChI=1S/C24H24ClN3O3S/c1-17(2)26-16-28(3)22-13-12-20(15-23(22)31-4)27-32(29,30)24-11-6-5-10-21(24)18-8-7-9-19(25)14-18/h5-16,27H,1H2,2-4H3. The molecule has 0 bridgehead atoms. The van der Waals surface area contributed by atoms with Crippen molar-refractivity contribution in [3.63, 3.8) is 0 Å². The molecule has 8 heteroatoms. The van der Waals surface area contributed by atoms with Gasteiger partial charge in [-0.3, -0.25) is 4.72 Å². The normalized spacial score (nSPS) is 11.4. The molecule has 0 saturated carbocycles. The van der Waals surface area contributed by atoms with E-state index < -0.39 is 10.0 Å². The van der Waals surface area contributed by atoms with Gasteiger partial charge in [0.2, 0.25) is 0 Å². The third-order valence-electron chi connectivity index (χ3n) is 4.58. The predicted octanol–water partition coefficient (Wildman–Crippen LogP) is 5.81. The second kappa shape index (κ2) is 9.89. The van der Waals surface area contributed by atoms with Gasteiger partial charge in [-0.15, -0.1) is 0 Å². The topological polar surface area (TPSA) is 71.0 Å². The molecule has 0 amide bonds. The van der Waals surface area contributed by atoms with Crippen molar-refractivity contribution in [1.82, 2.24) is 0 Å². The Balaban J connectivity index is 1.95. The number of sulfonamides is 1. The first-order chi connectivity index (χ1) is 15.2. The Bertz CT molecular complexity index is 1270. The molecule has 0 fully saturated rings. The highest BCUT2D eigenvalue weighted by Gasteiger charge is 2.20. The quantitative estimate of drug-likeness (QED) is 0.333. The van der Waals surface area contributed by atoms with Crippen LogP contribution in [0.15, 0.2) is 88.9 Å². The number of nitrogens with zero attached hydrogens (tertiary/aromatic N) is 2. The lowest BCUT2D eigenvalue weighted by Crippen LogP contribution is -2.16. The van der Waals surface area contributed by atoms with Gasteiger partial charge >= 0.3 is 0 Å². The summed E-state index contributed by atoms with van der Waals surface area (Å²) in [6, 6.07) is 18.9. The van der Waals surface area contributed by atoms with Crippen molar-refractivity contribution in [2.45, 2.75) is 11.8 Å². The molecule has 0 atom stereocenters. The van der Waals surface area contributed by atoms with Crippen LogP contribution in [-0.4, -0.2) is 28.9 Å². The fourth-order valence-corrected chi connectivity index (χ4v) is 4.56. The summed E-state index contributed by atoms with van der Waals surface area (Å²) in [6.07, 6.45) is 1.62. The molecular weight excluding hydrogens is 446 g/mol. The molecule has 0 aromatic heterocycles. The Morgan fingerprint density at radius 3 is 2.56 bits per heavy atom. The molecule has 0 radical (unpaired) electrons. The van der Waals surface area contributed by atoms with E-state index in [0.717, 1.165) is 5.69 Å². The molecule has 0 saturated heterocycles. The van der Waals surface area contributed by atoms with Crippen LogP contribution in [0, 0.1) is 0 Å². The van der Waals surface area contributed by atoms with Gasteiger partial charge in [-0.1, -0.05) is 48.5 Å². The van der Waals surface area contributed by atoms with Gasteiger partial charge in [0.25, 0.3) is 10.0 Å². The second-order valence-corrected chi connectivity index (χ2v) is 9.18. The molecule has 32 heavy (non-hydrogen) atoms. The summed E-state index contributed by atoms with van der Waals surface area (Å²) in [5.74, 6) is 0.490. The highest BCUT2D eigenvalue weighted by Crippen LogP contribution is 2.33. The number of benzene rings is 3. The minimum Gasteiger partial charge on any atom is -0.494 e. The van der Waals surface area contributed by atoms with Crippen molar-refractivity contribution in [3.8, 4) is 16.9 Å². The van der Waals surface area contributed by atoms with Crippen molar-refractivity contribution in [3.05, 3.63) is 84.0 Å². The zero-order valence-electron chi connectivity index (χ0n) is 18.0. The highest BCUT2D eigenvalue weighted by molar-refractivity contribution is 7.92. The van der Waals surface area contributed by atoms with E-state index in [9.17, 15) is 8.42 Å². The van der Waals surface area contributed by atoms with Crippen molar-refractivity contribution < 1.29 is 13.2 Å². The van der Waals surface area contributed by atoms with Crippen LogP contribution >= 0.6 is 11.6 Å². The van der Waals surface area contributed by atoms with Gasteiger partial charge in [-0.05, 0) is 42.8 Å². The number of aliphatic imine (C=N–C) groups is 1. The summed E-state index contributed by atoms with van der Waals surface area (Å²) in [5.41, 5.74) is 3.03. The number of hydrogen-bond acceptors (Lipinski definition) is 4. The highest BCUT2D eigenvalue weighted by atomic mass is 35.5. The first-order valence-corrected chi connectivity index (χ1v) is 11.6. The summed E-state index contributed by atoms with van der Waals surface area (Å²) in [5, 5.41) is 0.530. The molecular formula is C24H24ClN3O3S. The Morgan fingerprint density at radius 1 is 1.12 bits per heavy atom. The van der Waals surface area contributed by atoms with Crippen molar-refractivity contribution in [2.75, 3.05) is 23.8 Å². The number of hydrogen-bond donors (Lipinski definition) is 1. The molecule has 0 heterocycles. The fraction of sp³-hybridized carbons (Fsp3) is 0.125. The van der Waals surface area contributed by atoms with E-state index in [1.807, 2.05) is 13.1 Å².